The van der Waals surface area contributed by atoms with Crippen LogP contribution < -0.4 is 5.32 Å². The standard InChI is InChI=1S/C23H24N2OS/c1-16-5-7-17(8-6-16)9-14-21(26)25-22-24-20(15-27-22)18-10-12-19(13-11-18)23(2,3)4/h5-15H,1-4H3,(H,24,25,26). The van der Waals surface area contributed by atoms with Crippen LogP contribution in [-0.2, 0) is 10.2 Å². The fourth-order valence-electron chi connectivity index (χ4n) is 2.60. The Bertz CT molecular complexity index is 945. The molecule has 0 saturated carbocycles. The normalized spacial score (nSPS) is 11.7. The van der Waals surface area contributed by atoms with Crippen molar-refractivity contribution in [3.63, 3.8) is 0 Å². The van der Waals surface area contributed by atoms with E-state index in [-0.39, 0.29) is 11.3 Å². The topological polar surface area (TPSA) is 42.0 Å². The SMILES string of the molecule is Cc1ccc(C=CC(=O)Nc2nc(-c3ccc(C(C)(C)C)cc3)cs2)cc1. The molecule has 0 bridgehead atoms. The van der Waals surface area contributed by atoms with Crippen molar-refractivity contribution in [1.29, 1.82) is 0 Å². The molecule has 0 aliphatic rings. The van der Waals surface area contributed by atoms with Crippen LogP contribution in [0.2, 0.25) is 0 Å². The smallest absolute Gasteiger partial charge is 0.250 e. The second-order valence-corrected chi connectivity index (χ2v) is 8.46. The Labute approximate surface area is 164 Å². The summed E-state index contributed by atoms with van der Waals surface area (Å²) < 4.78 is 0. The average molecular weight is 377 g/mol. The molecule has 2 aromatic carbocycles. The van der Waals surface area contributed by atoms with Crippen LogP contribution in [-0.4, -0.2) is 10.9 Å². The van der Waals surface area contributed by atoms with Crippen molar-refractivity contribution in [3.05, 3.63) is 76.7 Å². The Morgan fingerprint density at radius 1 is 1.04 bits per heavy atom. The van der Waals surface area contributed by atoms with Crippen molar-refractivity contribution in [2.75, 3.05) is 5.32 Å². The molecule has 3 aromatic rings. The van der Waals surface area contributed by atoms with Crippen molar-refractivity contribution in [1.82, 2.24) is 4.98 Å². The minimum atomic E-state index is -0.181. The molecule has 0 fully saturated rings. The van der Waals surface area contributed by atoms with Crippen LogP contribution in [0.3, 0.4) is 0 Å². The van der Waals surface area contributed by atoms with Crippen LogP contribution >= 0.6 is 11.3 Å². The molecule has 0 saturated heterocycles. The lowest BCUT2D eigenvalue weighted by atomic mass is 9.86. The highest BCUT2D eigenvalue weighted by Crippen LogP contribution is 2.28. The Balaban J connectivity index is 1.65. The molecule has 3 rings (SSSR count). The van der Waals surface area contributed by atoms with Gasteiger partial charge in [-0.25, -0.2) is 4.98 Å². The van der Waals surface area contributed by atoms with Gasteiger partial charge in [0.25, 0.3) is 0 Å². The summed E-state index contributed by atoms with van der Waals surface area (Å²) in [6.45, 7) is 8.63. The number of hydrogen-bond donors (Lipinski definition) is 1. The fraction of sp³-hybridized carbons (Fsp3) is 0.217. The van der Waals surface area contributed by atoms with Gasteiger partial charge in [-0.2, -0.15) is 0 Å². The number of nitrogens with zero attached hydrogens (tertiary/aromatic N) is 1. The maximum Gasteiger partial charge on any atom is 0.250 e. The van der Waals surface area contributed by atoms with Gasteiger partial charge in [0.2, 0.25) is 5.91 Å². The lowest BCUT2D eigenvalue weighted by molar-refractivity contribution is -0.111. The minimum absolute atomic E-state index is 0.128. The molecular formula is C23H24N2OS. The van der Waals surface area contributed by atoms with Crippen LogP contribution in [0.25, 0.3) is 17.3 Å². The van der Waals surface area contributed by atoms with E-state index in [2.05, 4.69) is 55.3 Å². The number of amides is 1. The van der Waals surface area contributed by atoms with Crippen LogP contribution in [0.15, 0.2) is 60.0 Å². The number of aryl methyl sites for hydroxylation is 1. The Morgan fingerprint density at radius 2 is 1.70 bits per heavy atom. The van der Waals surface area contributed by atoms with E-state index in [1.807, 2.05) is 36.6 Å². The maximum atomic E-state index is 12.1. The molecule has 0 aliphatic carbocycles. The number of thiazole rings is 1. The molecule has 0 spiro atoms. The van der Waals surface area contributed by atoms with Gasteiger partial charge in [0.1, 0.15) is 0 Å². The predicted molar refractivity (Wildman–Crippen MR) is 115 cm³/mol. The highest BCUT2D eigenvalue weighted by Gasteiger charge is 2.13. The molecule has 0 unspecified atom stereocenters. The number of benzene rings is 2. The van der Waals surface area contributed by atoms with Crippen molar-refractivity contribution in [2.24, 2.45) is 0 Å². The highest BCUT2D eigenvalue weighted by molar-refractivity contribution is 7.14. The van der Waals surface area contributed by atoms with Gasteiger partial charge >= 0.3 is 0 Å². The summed E-state index contributed by atoms with van der Waals surface area (Å²) in [5, 5.41) is 5.40. The summed E-state index contributed by atoms with van der Waals surface area (Å²) in [4.78, 5) is 16.7. The monoisotopic (exact) mass is 376 g/mol. The zero-order chi connectivity index (χ0) is 19.4. The molecule has 3 nitrogen and oxygen atoms in total. The first-order valence-corrected chi connectivity index (χ1v) is 9.81. The summed E-state index contributed by atoms with van der Waals surface area (Å²) in [5.74, 6) is -0.181. The second-order valence-electron chi connectivity index (χ2n) is 7.60. The highest BCUT2D eigenvalue weighted by atomic mass is 32.1. The van der Waals surface area contributed by atoms with Gasteiger partial charge in [-0.15, -0.1) is 11.3 Å². The third-order valence-electron chi connectivity index (χ3n) is 4.29. The van der Waals surface area contributed by atoms with Gasteiger partial charge in [0.15, 0.2) is 5.13 Å². The van der Waals surface area contributed by atoms with E-state index in [1.165, 1.54) is 28.5 Å². The first kappa shape index (κ1) is 19.1. The van der Waals surface area contributed by atoms with E-state index >= 15 is 0 Å². The first-order chi connectivity index (χ1) is 12.8. The Hall–Kier alpha value is -2.72. The van der Waals surface area contributed by atoms with Crippen LogP contribution in [0.5, 0.6) is 0 Å². The van der Waals surface area contributed by atoms with E-state index in [1.54, 1.807) is 6.08 Å². The van der Waals surface area contributed by atoms with Gasteiger partial charge in [0.05, 0.1) is 5.69 Å². The van der Waals surface area contributed by atoms with Gasteiger partial charge in [-0.1, -0.05) is 74.9 Å². The summed E-state index contributed by atoms with van der Waals surface area (Å²) in [6, 6.07) is 16.5. The molecule has 1 amide bonds. The molecule has 0 aliphatic heterocycles. The molecule has 138 valence electrons. The van der Waals surface area contributed by atoms with E-state index in [4.69, 9.17) is 0 Å². The quantitative estimate of drug-likeness (QED) is 0.562. The third kappa shape index (κ3) is 5.14. The molecular weight excluding hydrogens is 352 g/mol. The number of anilines is 1. The Morgan fingerprint density at radius 3 is 2.33 bits per heavy atom. The predicted octanol–water partition coefficient (Wildman–Crippen LogP) is 6.07. The molecule has 1 heterocycles. The van der Waals surface area contributed by atoms with Gasteiger partial charge in [0, 0.05) is 17.0 Å². The molecule has 1 N–H and O–H groups in total. The van der Waals surface area contributed by atoms with Crippen LogP contribution in [0, 0.1) is 6.92 Å². The van der Waals surface area contributed by atoms with E-state index in [9.17, 15) is 4.79 Å². The fourth-order valence-corrected chi connectivity index (χ4v) is 3.32. The molecule has 0 radical (unpaired) electrons. The number of hydrogen-bond acceptors (Lipinski definition) is 3. The van der Waals surface area contributed by atoms with Crippen molar-refractivity contribution in [3.8, 4) is 11.3 Å². The lowest BCUT2D eigenvalue weighted by Crippen LogP contribution is -2.10. The summed E-state index contributed by atoms with van der Waals surface area (Å²) in [6.07, 6.45) is 3.33. The van der Waals surface area contributed by atoms with Crippen molar-refractivity contribution in [2.45, 2.75) is 33.1 Å². The Kier molecular flexibility index (Phi) is 5.57. The van der Waals surface area contributed by atoms with Crippen LogP contribution in [0.4, 0.5) is 5.13 Å². The summed E-state index contributed by atoms with van der Waals surface area (Å²) in [5.41, 5.74) is 5.53. The number of rotatable bonds is 4. The zero-order valence-corrected chi connectivity index (χ0v) is 16.9. The third-order valence-corrected chi connectivity index (χ3v) is 5.04. The molecule has 27 heavy (non-hydrogen) atoms. The average Bonchev–Trinajstić information content (AvgIpc) is 3.09. The largest absolute Gasteiger partial charge is 0.298 e. The summed E-state index contributed by atoms with van der Waals surface area (Å²) in [7, 11) is 0. The van der Waals surface area contributed by atoms with Crippen molar-refractivity contribution >= 4 is 28.5 Å². The maximum absolute atomic E-state index is 12.1. The zero-order valence-electron chi connectivity index (χ0n) is 16.1. The van der Waals surface area contributed by atoms with Crippen molar-refractivity contribution < 1.29 is 4.79 Å². The molecule has 1 aromatic heterocycles. The second kappa shape index (κ2) is 7.89. The van der Waals surface area contributed by atoms with Crippen LogP contribution in [0.1, 0.15) is 37.5 Å². The van der Waals surface area contributed by atoms with E-state index in [0.29, 0.717) is 5.13 Å². The molecule has 4 heteroatoms. The van der Waals surface area contributed by atoms with E-state index in [0.717, 1.165) is 16.8 Å². The van der Waals surface area contributed by atoms with E-state index < -0.39 is 0 Å². The van der Waals surface area contributed by atoms with Gasteiger partial charge in [-0.05, 0) is 29.5 Å². The molecule has 0 atom stereocenters. The number of carbonyl (C=O) groups excluding carboxylic acids is 1. The number of nitrogens with one attached hydrogen (secondary N) is 1. The van der Waals surface area contributed by atoms with Gasteiger partial charge in [-0.3, -0.25) is 10.1 Å². The van der Waals surface area contributed by atoms with Gasteiger partial charge < -0.3 is 0 Å². The number of carbonyl (C=O) groups is 1. The minimum Gasteiger partial charge on any atom is -0.298 e. The first-order valence-electron chi connectivity index (χ1n) is 8.93. The lowest BCUT2D eigenvalue weighted by Gasteiger charge is -2.18. The summed E-state index contributed by atoms with van der Waals surface area (Å²) >= 11 is 1.43. The number of aromatic nitrogens is 1.